The summed E-state index contributed by atoms with van der Waals surface area (Å²) in [4.78, 5) is 15.4. The van der Waals surface area contributed by atoms with Crippen LogP contribution in [-0.4, -0.2) is 4.98 Å². The average Bonchev–Trinajstić information content (AvgIpc) is 2.45. The molecule has 3 aromatic rings. The van der Waals surface area contributed by atoms with Crippen LogP contribution in [0.3, 0.4) is 0 Å². The van der Waals surface area contributed by atoms with Crippen LogP contribution in [0.1, 0.15) is 16.8 Å². The fraction of sp³-hybridized carbons (Fsp3) is 0.167. The molecule has 0 aliphatic carbocycles. The van der Waals surface area contributed by atoms with Crippen LogP contribution in [-0.2, 0) is 6.61 Å². The highest BCUT2D eigenvalue weighted by Crippen LogP contribution is 2.18. The topological polar surface area (TPSA) is 68.1 Å². The average molecular weight is 294 g/mol. The number of benzene rings is 2. The fourth-order valence-corrected chi connectivity index (χ4v) is 2.57. The molecule has 22 heavy (non-hydrogen) atoms. The second-order valence-electron chi connectivity index (χ2n) is 5.58. The molecule has 4 nitrogen and oxygen atoms in total. The molecule has 0 aliphatic rings. The van der Waals surface area contributed by atoms with Gasteiger partial charge in [0.1, 0.15) is 12.4 Å². The number of aromatic nitrogens is 1. The van der Waals surface area contributed by atoms with Gasteiger partial charge in [-0.2, -0.15) is 0 Å². The van der Waals surface area contributed by atoms with Crippen molar-refractivity contribution in [1.82, 2.24) is 4.98 Å². The number of nitrogens with two attached hydrogens (primary N) is 1. The SMILES string of the molecule is Cc1cc(C)cc(OCc2cc(=O)c3cc(N)ccc3[nH]2)c1. The van der Waals surface area contributed by atoms with Crippen molar-refractivity contribution in [1.29, 1.82) is 0 Å². The van der Waals surface area contributed by atoms with Crippen LogP contribution < -0.4 is 15.9 Å². The lowest BCUT2D eigenvalue weighted by molar-refractivity contribution is 0.301. The molecule has 0 aliphatic heterocycles. The van der Waals surface area contributed by atoms with Gasteiger partial charge in [0, 0.05) is 22.7 Å². The second kappa shape index (κ2) is 5.56. The normalized spacial score (nSPS) is 10.8. The number of H-pyrrole nitrogens is 1. The number of hydrogen-bond acceptors (Lipinski definition) is 3. The molecular weight excluding hydrogens is 276 g/mol. The zero-order chi connectivity index (χ0) is 15.7. The van der Waals surface area contributed by atoms with E-state index in [9.17, 15) is 4.79 Å². The minimum absolute atomic E-state index is 0.0555. The third-order valence-electron chi connectivity index (χ3n) is 3.50. The summed E-state index contributed by atoms with van der Waals surface area (Å²) in [6.45, 7) is 4.38. The lowest BCUT2D eigenvalue weighted by atomic mass is 10.1. The van der Waals surface area contributed by atoms with Gasteiger partial charge in [0.15, 0.2) is 5.43 Å². The van der Waals surface area contributed by atoms with Gasteiger partial charge in [-0.3, -0.25) is 4.79 Å². The van der Waals surface area contributed by atoms with E-state index in [4.69, 9.17) is 10.5 Å². The summed E-state index contributed by atoms with van der Waals surface area (Å²) in [7, 11) is 0. The molecule has 3 rings (SSSR count). The number of aromatic amines is 1. The van der Waals surface area contributed by atoms with Crippen LogP contribution >= 0.6 is 0 Å². The molecule has 0 saturated carbocycles. The van der Waals surface area contributed by atoms with E-state index in [1.165, 1.54) is 0 Å². The van der Waals surface area contributed by atoms with Gasteiger partial charge in [0.05, 0.1) is 5.69 Å². The quantitative estimate of drug-likeness (QED) is 0.728. The number of nitrogens with one attached hydrogen (secondary N) is 1. The highest BCUT2D eigenvalue weighted by atomic mass is 16.5. The minimum atomic E-state index is -0.0555. The van der Waals surface area contributed by atoms with Gasteiger partial charge in [-0.25, -0.2) is 0 Å². The molecule has 1 heterocycles. The molecule has 1 aromatic heterocycles. The Morgan fingerprint density at radius 2 is 1.77 bits per heavy atom. The monoisotopic (exact) mass is 294 g/mol. The maximum Gasteiger partial charge on any atom is 0.189 e. The van der Waals surface area contributed by atoms with Crippen LogP contribution in [0, 0.1) is 13.8 Å². The third kappa shape index (κ3) is 2.96. The van der Waals surface area contributed by atoms with Crippen molar-refractivity contribution >= 4 is 16.6 Å². The Hall–Kier alpha value is -2.75. The molecule has 3 N–H and O–H groups in total. The number of rotatable bonds is 3. The summed E-state index contributed by atoms with van der Waals surface area (Å²) in [5.74, 6) is 0.802. The van der Waals surface area contributed by atoms with E-state index in [0.717, 1.165) is 28.1 Å². The number of pyridine rings is 1. The molecule has 0 saturated heterocycles. The Balaban J connectivity index is 1.88. The molecular formula is C18H18N2O2. The largest absolute Gasteiger partial charge is 0.487 e. The summed E-state index contributed by atoms with van der Waals surface area (Å²) in [6.07, 6.45) is 0. The van der Waals surface area contributed by atoms with Gasteiger partial charge in [-0.05, 0) is 55.3 Å². The molecule has 2 aromatic carbocycles. The lowest BCUT2D eigenvalue weighted by Crippen LogP contribution is -2.08. The molecule has 0 amide bonds. The molecule has 0 bridgehead atoms. The van der Waals surface area contributed by atoms with E-state index in [0.29, 0.717) is 17.7 Å². The third-order valence-corrected chi connectivity index (χ3v) is 3.50. The summed E-state index contributed by atoms with van der Waals surface area (Å²) in [5, 5.41) is 0.593. The van der Waals surface area contributed by atoms with Crippen molar-refractivity contribution < 1.29 is 4.74 Å². The van der Waals surface area contributed by atoms with Crippen molar-refractivity contribution in [2.75, 3.05) is 5.73 Å². The molecule has 4 heteroatoms. The molecule has 112 valence electrons. The van der Waals surface area contributed by atoms with Gasteiger partial charge in [0.25, 0.3) is 0 Å². The standard InChI is InChI=1S/C18H18N2O2/c1-11-5-12(2)7-15(6-11)22-10-14-9-18(21)16-8-13(19)3-4-17(16)20-14/h3-9H,10,19H2,1-2H3,(H,20,21). The molecule has 0 atom stereocenters. The minimum Gasteiger partial charge on any atom is -0.487 e. The van der Waals surface area contributed by atoms with Crippen LogP contribution in [0.25, 0.3) is 10.9 Å². The summed E-state index contributed by atoms with van der Waals surface area (Å²) >= 11 is 0. The first kappa shape index (κ1) is 14.2. The van der Waals surface area contributed by atoms with Gasteiger partial charge < -0.3 is 15.5 Å². The molecule has 0 unspecified atom stereocenters. The van der Waals surface area contributed by atoms with E-state index in [2.05, 4.69) is 11.1 Å². The number of ether oxygens (including phenoxy) is 1. The Morgan fingerprint density at radius 3 is 2.50 bits per heavy atom. The lowest BCUT2D eigenvalue weighted by Gasteiger charge is -2.09. The number of aryl methyl sites for hydroxylation is 2. The Morgan fingerprint density at radius 1 is 1.05 bits per heavy atom. The Bertz CT molecular complexity index is 877. The smallest absolute Gasteiger partial charge is 0.189 e. The Kier molecular flexibility index (Phi) is 3.59. The highest BCUT2D eigenvalue weighted by Gasteiger charge is 2.04. The van der Waals surface area contributed by atoms with E-state index in [1.807, 2.05) is 32.0 Å². The van der Waals surface area contributed by atoms with Crippen molar-refractivity contribution in [2.45, 2.75) is 20.5 Å². The number of nitrogen functional groups attached to an aromatic ring is 1. The van der Waals surface area contributed by atoms with Gasteiger partial charge in [-0.15, -0.1) is 0 Å². The molecule has 0 fully saturated rings. The van der Waals surface area contributed by atoms with Crippen molar-refractivity contribution in [3.63, 3.8) is 0 Å². The van der Waals surface area contributed by atoms with Crippen LogP contribution in [0.15, 0.2) is 47.3 Å². The van der Waals surface area contributed by atoms with E-state index >= 15 is 0 Å². The number of fused-ring (bicyclic) bond motifs is 1. The zero-order valence-electron chi connectivity index (χ0n) is 12.6. The van der Waals surface area contributed by atoms with E-state index < -0.39 is 0 Å². The van der Waals surface area contributed by atoms with Crippen molar-refractivity contribution in [3.8, 4) is 5.75 Å². The maximum atomic E-state index is 12.1. The van der Waals surface area contributed by atoms with Crippen molar-refractivity contribution in [3.05, 3.63) is 69.5 Å². The van der Waals surface area contributed by atoms with Gasteiger partial charge >= 0.3 is 0 Å². The predicted molar refractivity (Wildman–Crippen MR) is 89.2 cm³/mol. The van der Waals surface area contributed by atoms with E-state index in [-0.39, 0.29) is 5.43 Å². The predicted octanol–water partition coefficient (Wildman–Crippen LogP) is 3.31. The fourth-order valence-electron chi connectivity index (χ4n) is 2.57. The van der Waals surface area contributed by atoms with E-state index in [1.54, 1.807) is 18.2 Å². The highest BCUT2D eigenvalue weighted by molar-refractivity contribution is 5.81. The second-order valence-corrected chi connectivity index (χ2v) is 5.58. The summed E-state index contributed by atoms with van der Waals surface area (Å²) in [5.41, 5.74) is 10.0. The maximum absolute atomic E-state index is 12.1. The van der Waals surface area contributed by atoms with Gasteiger partial charge in [0.2, 0.25) is 0 Å². The van der Waals surface area contributed by atoms with Crippen molar-refractivity contribution in [2.24, 2.45) is 0 Å². The van der Waals surface area contributed by atoms with Gasteiger partial charge in [-0.1, -0.05) is 6.07 Å². The Labute approximate surface area is 128 Å². The number of hydrogen-bond donors (Lipinski definition) is 2. The molecule has 0 spiro atoms. The molecule has 0 radical (unpaired) electrons. The number of anilines is 1. The zero-order valence-corrected chi connectivity index (χ0v) is 12.6. The van der Waals surface area contributed by atoms with Crippen LogP contribution in [0.4, 0.5) is 5.69 Å². The first-order valence-electron chi connectivity index (χ1n) is 7.14. The first-order chi connectivity index (χ1) is 10.5. The summed E-state index contributed by atoms with van der Waals surface area (Å²) < 4.78 is 5.79. The van der Waals surface area contributed by atoms with Crippen LogP contribution in [0.5, 0.6) is 5.75 Å². The summed E-state index contributed by atoms with van der Waals surface area (Å²) in [6, 6.07) is 12.9. The first-order valence-corrected chi connectivity index (χ1v) is 7.14. The van der Waals surface area contributed by atoms with Crippen LogP contribution in [0.2, 0.25) is 0 Å².